The SMILES string of the molecule is NC(=O)c1ccc(NC(=O)CCCC[C@H]2CCSS2)cc1. The zero-order valence-electron chi connectivity index (χ0n) is 11.8. The molecule has 0 radical (unpaired) electrons. The lowest BCUT2D eigenvalue weighted by Crippen LogP contribution is -2.13. The highest BCUT2D eigenvalue weighted by atomic mass is 33.1. The molecule has 1 aromatic rings. The van der Waals surface area contributed by atoms with Crippen molar-refractivity contribution < 1.29 is 9.59 Å². The van der Waals surface area contributed by atoms with E-state index in [4.69, 9.17) is 5.73 Å². The number of carbonyl (C=O) groups excluding carboxylic acids is 2. The maximum absolute atomic E-state index is 11.8. The Bertz CT molecular complexity index is 485. The number of benzene rings is 1. The number of carbonyl (C=O) groups is 2. The summed E-state index contributed by atoms with van der Waals surface area (Å²) in [5, 5.41) is 3.61. The monoisotopic (exact) mass is 324 g/mol. The van der Waals surface area contributed by atoms with E-state index in [0.717, 1.165) is 18.1 Å². The third-order valence-electron chi connectivity index (χ3n) is 3.36. The van der Waals surface area contributed by atoms with E-state index in [-0.39, 0.29) is 5.91 Å². The van der Waals surface area contributed by atoms with Gasteiger partial charge in [-0.25, -0.2) is 0 Å². The largest absolute Gasteiger partial charge is 0.366 e. The lowest BCUT2D eigenvalue weighted by atomic mass is 10.1. The van der Waals surface area contributed by atoms with Crippen molar-refractivity contribution in [2.24, 2.45) is 5.73 Å². The summed E-state index contributed by atoms with van der Waals surface area (Å²) >= 11 is 0. The number of nitrogens with two attached hydrogens (primary N) is 1. The summed E-state index contributed by atoms with van der Waals surface area (Å²) in [5.41, 5.74) is 6.31. The highest BCUT2D eigenvalue weighted by Crippen LogP contribution is 2.39. The van der Waals surface area contributed by atoms with Gasteiger partial charge in [-0.2, -0.15) is 0 Å². The maximum atomic E-state index is 11.8. The Hall–Kier alpha value is -1.14. The molecule has 114 valence electrons. The molecule has 0 aromatic heterocycles. The van der Waals surface area contributed by atoms with E-state index >= 15 is 0 Å². The predicted molar refractivity (Wildman–Crippen MR) is 90.5 cm³/mol. The van der Waals surface area contributed by atoms with Crippen molar-refractivity contribution in [3.63, 3.8) is 0 Å². The van der Waals surface area contributed by atoms with Crippen molar-refractivity contribution in [1.29, 1.82) is 0 Å². The topological polar surface area (TPSA) is 72.2 Å². The Morgan fingerprint density at radius 2 is 2.00 bits per heavy atom. The molecule has 0 aliphatic carbocycles. The number of amides is 2. The molecule has 0 spiro atoms. The zero-order valence-corrected chi connectivity index (χ0v) is 13.5. The second kappa shape index (κ2) is 8.34. The third kappa shape index (κ3) is 5.63. The maximum Gasteiger partial charge on any atom is 0.248 e. The standard InChI is InChI=1S/C15H20N2O2S2/c16-15(19)11-5-7-12(8-6-11)17-14(18)4-2-1-3-13-9-10-20-21-13/h5-8,13H,1-4,9-10H2,(H2,16,19)(H,17,18)/t13-/m0/s1. The fraction of sp³-hybridized carbons (Fsp3) is 0.467. The molecule has 3 N–H and O–H groups in total. The van der Waals surface area contributed by atoms with Crippen LogP contribution in [0.15, 0.2) is 24.3 Å². The zero-order chi connectivity index (χ0) is 15.1. The number of unbranched alkanes of at least 4 members (excludes halogenated alkanes) is 1. The predicted octanol–water partition coefficient (Wildman–Crippen LogP) is 3.44. The van der Waals surface area contributed by atoms with E-state index in [1.165, 1.54) is 18.6 Å². The summed E-state index contributed by atoms with van der Waals surface area (Å²) in [6.07, 6.45) is 5.08. The number of hydrogen-bond donors (Lipinski definition) is 2. The number of anilines is 1. The molecule has 1 atom stereocenters. The molecule has 1 aliphatic rings. The van der Waals surface area contributed by atoms with Gasteiger partial charge < -0.3 is 11.1 Å². The number of hydrogen-bond acceptors (Lipinski definition) is 4. The van der Waals surface area contributed by atoms with Gasteiger partial charge in [0.2, 0.25) is 11.8 Å². The van der Waals surface area contributed by atoms with E-state index in [0.29, 0.717) is 17.7 Å². The van der Waals surface area contributed by atoms with Crippen molar-refractivity contribution in [2.75, 3.05) is 11.1 Å². The molecular formula is C15H20N2O2S2. The fourth-order valence-corrected chi connectivity index (χ4v) is 5.19. The molecule has 1 saturated heterocycles. The van der Waals surface area contributed by atoms with Gasteiger partial charge in [0.25, 0.3) is 0 Å². The van der Waals surface area contributed by atoms with Gasteiger partial charge in [-0.15, -0.1) is 0 Å². The van der Waals surface area contributed by atoms with Crippen LogP contribution in [0, 0.1) is 0 Å². The number of primary amides is 1. The molecule has 0 bridgehead atoms. The fourth-order valence-electron chi connectivity index (χ4n) is 2.16. The summed E-state index contributed by atoms with van der Waals surface area (Å²) in [4.78, 5) is 22.8. The molecule has 0 saturated carbocycles. The van der Waals surface area contributed by atoms with Gasteiger partial charge in [0.1, 0.15) is 0 Å². The van der Waals surface area contributed by atoms with Gasteiger partial charge in [-0.1, -0.05) is 28.0 Å². The van der Waals surface area contributed by atoms with E-state index in [2.05, 4.69) is 5.32 Å². The summed E-state index contributed by atoms with van der Waals surface area (Å²) in [6.45, 7) is 0. The molecule has 1 heterocycles. The molecular weight excluding hydrogens is 304 g/mol. The second-order valence-corrected chi connectivity index (χ2v) is 7.85. The van der Waals surface area contributed by atoms with Gasteiger partial charge >= 0.3 is 0 Å². The molecule has 4 nitrogen and oxygen atoms in total. The molecule has 6 heteroatoms. The third-order valence-corrected chi connectivity index (χ3v) is 6.37. The summed E-state index contributed by atoms with van der Waals surface area (Å²) in [6, 6.07) is 6.63. The van der Waals surface area contributed by atoms with Crippen LogP contribution in [0.5, 0.6) is 0 Å². The first-order chi connectivity index (χ1) is 10.1. The smallest absolute Gasteiger partial charge is 0.248 e. The van der Waals surface area contributed by atoms with Gasteiger partial charge in [0, 0.05) is 28.7 Å². The first kappa shape index (κ1) is 16.2. The van der Waals surface area contributed by atoms with Crippen LogP contribution in [0.2, 0.25) is 0 Å². The molecule has 21 heavy (non-hydrogen) atoms. The molecule has 2 amide bonds. The van der Waals surface area contributed by atoms with Crippen molar-refractivity contribution in [1.82, 2.24) is 0 Å². The number of nitrogens with one attached hydrogen (secondary N) is 1. The second-order valence-electron chi connectivity index (χ2n) is 5.06. The van der Waals surface area contributed by atoms with Crippen molar-refractivity contribution >= 4 is 39.1 Å². The molecule has 1 aliphatic heterocycles. The normalized spacial score (nSPS) is 17.6. The minimum absolute atomic E-state index is 0.0234. The van der Waals surface area contributed by atoms with Crippen LogP contribution in [0.4, 0.5) is 5.69 Å². The lowest BCUT2D eigenvalue weighted by molar-refractivity contribution is -0.116. The van der Waals surface area contributed by atoms with Crippen LogP contribution in [0.1, 0.15) is 42.5 Å². The van der Waals surface area contributed by atoms with Crippen molar-refractivity contribution in [3.8, 4) is 0 Å². The molecule has 1 fully saturated rings. The minimum Gasteiger partial charge on any atom is -0.366 e. The van der Waals surface area contributed by atoms with Gasteiger partial charge in [0.15, 0.2) is 0 Å². The van der Waals surface area contributed by atoms with Crippen LogP contribution < -0.4 is 11.1 Å². The summed E-state index contributed by atoms with van der Waals surface area (Å²) < 4.78 is 0. The van der Waals surface area contributed by atoms with Gasteiger partial charge in [-0.05, 0) is 43.5 Å². The van der Waals surface area contributed by atoms with E-state index in [9.17, 15) is 9.59 Å². The van der Waals surface area contributed by atoms with Crippen LogP contribution in [-0.2, 0) is 4.79 Å². The summed E-state index contributed by atoms with van der Waals surface area (Å²) in [5.74, 6) is 0.822. The van der Waals surface area contributed by atoms with Gasteiger partial charge in [0.05, 0.1) is 0 Å². The van der Waals surface area contributed by atoms with E-state index < -0.39 is 5.91 Å². The average molecular weight is 324 g/mol. The average Bonchev–Trinajstić information content (AvgIpc) is 2.97. The first-order valence-electron chi connectivity index (χ1n) is 7.13. The van der Waals surface area contributed by atoms with Crippen LogP contribution in [-0.4, -0.2) is 22.8 Å². The van der Waals surface area contributed by atoms with Gasteiger partial charge in [-0.3, -0.25) is 9.59 Å². The Balaban J connectivity index is 1.65. The quantitative estimate of drug-likeness (QED) is 0.595. The minimum atomic E-state index is -0.462. The molecule has 0 unspecified atom stereocenters. The molecule has 2 rings (SSSR count). The van der Waals surface area contributed by atoms with Crippen LogP contribution in [0.25, 0.3) is 0 Å². The highest BCUT2D eigenvalue weighted by Gasteiger charge is 2.15. The first-order valence-corrected chi connectivity index (χ1v) is 9.51. The Kier molecular flexibility index (Phi) is 6.45. The number of rotatable bonds is 7. The van der Waals surface area contributed by atoms with Crippen LogP contribution >= 0.6 is 21.6 Å². The van der Waals surface area contributed by atoms with Crippen molar-refractivity contribution in [3.05, 3.63) is 29.8 Å². The van der Waals surface area contributed by atoms with E-state index in [1.54, 1.807) is 24.3 Å². The Labute approximate surface area is 133 Å². The highest BCUT2D eigenvalue weighted by molar-refractivity contribution is 8.77. The lowest BCUT2D eigenvalue weighted by Gasteiger charge is -2.08. The Morgan fingerprint density at radius 1 is 1.24 bits per heavy atom. The summed E-state index contributed by atoms with van der Waals surface area (Å²) in [7, 11) is 3.94. The van der Waals surface area contributed by atoms with Crippen LogP contribution in [0.3, 0.4) is 0 Å². The Morgan fingerprint density at radius 3 is 2.62 bits per heavy atom. The molecule has 1 aromatic carbocycles. The van der Waals surface area contributed by atoms with E-state index in [1.807, 2.05) is 21.6 Å². The van der Waals surface area contributed by atoms with Crippen molar-refractivity contribution in [2.45, 2.75) is 37.4 Å².